The smallest absolute Gasteiger partial charge is 0.277 e. The average molecular weight is 451 g/mol. The van der Waals surface area contributed by atoms with Gasteiger partial charge in [-0.3, -0.25) is 4.79 Å². The molecule has 1 amide bonds. The lowest BCUT2D eigenvalue weighted by Gasteiger charge is -2.13. The monoisotopic (exact) mass is 450 g/mol. The van der Waals surface area contributed by atoms with Crippen LogP contribution in [0.2, 0.25) is 0 Å². The zero-order valence-corrected chi connectivity index (χ0v) is 18.9. The molecule has 3 rings (SSSR count). The van der Waals surface area contributed by atoms with Gasteiger partial charge < -0.3 is 14.2 Å². The van der Waals surface area contributed by atoms with Crippen LogP contribution in [-0.2, 0) is 11.4 Å². The van der Waals surface area contributed by atoms with Crippen LogP contribution in [0.3, 0.4) is 0 Å². The van der Waals surface area contributed by atoms with Gasteiger partial charge in [0.15, 0.2) is 18.1 Å². The third-order valence-electron chi connectivity index (χ3n) is 4.71. The first-order valence-electron chi connectivity index (χ1n) is 10.6. The highest BCUT2D eigenvalue weighted by molar-refractivity contribution is 5.83. The molecular formula is C26H27FN2O4. The van der Waals surface area contributed by atoms with Crippen molar-refractivity contribution in [2.45, 2.75) is 27.4 Å². The van der Waals surface area contributed by atoms with E-state index in [1.807, 2.05) is 39.0 Å². The van der Waals surface area contributed by atoms with Gasteiger partial charge in [-0.25, -0.2) is 9.82 Å². The van der Waals surface area contributed by atoms with Crippen LogP contribution in [0.25, 0.3) is 0 Å². The molecule has 0 aromatic heterocycles. The van der Waals surface area contributed by atoms with E-state index in [9.17, 15) is 9.18 Å². The number of amides is 1. The van der Waals surface area contributed by atoms with Gasteiger partial charge in [0.1, 0.15) is 18.2 Å². The SMILES string of the molecule is CCOc1cc(/C=N\NC(=O)COc2c(C)cccc2C)ccc1OCc1cccc(F)c1. The Morgan fingerprint density at radius 1 is 0.970 bits per heavy atom. The number of halogens is 1. The first-order chi connectivity index (χ1) is 16.0. The Morgan fingerprint density at radius 3 is 2.45 bits per heavy atom. The van der Waals surface area contributed by atoms with Gasteiger partial charge in [-0.2, -0.15) is 5.10 Å². The summed E-state index contributed by atoms with van der Waals surface area (Å²) in [5.41, 5.74) is 5.82. The predicted molar refractivity (Wildman–Crippen MR) is 125 cm³/mol. The van der Waals surface area contributed by atoms with E-state index in [0.29, 0.717) is 35.0 Å². The number of hydrogen-bond donors (Lipinski definition) is 1. The van der Waals surface area contributed by atoms with Crippen LogP contribution in [0.1, 0.15) is 29.2 Å². The van der Waals surface area contributed by atoms with Crippen LogP contribution in [-0.4, -0.2) is 25.3 Å². The maximum atomic E-state index is 13.4. The summed E-state index contributed by atoms with van der Waals surface area (Å²) in [6.07, 6.45) is 1.51. The van der Waals surface area contributed by atoms with E-state index in [-0.39, 0.29) is 24.9 Å². The first-order valence-corrected chi connectivity index (χ1v) is 10.6. The standard InChI is InChI=1S/C26H27FN2O4/c1-4-31-24-14-20(11-12-23(24)32-16-21-9-6-10-22(27)13-21)15-28-29-25(30)17-33-26-18(2)7-5-8-19(26)3/h5-15H,4,16-17H2,1-3H3,(H,29,30)/b28-15-. The molecule has 0 aliphatic heterocycles. The molecular weight excluding hydrogens is 423 g/mol. The van der Waals surface area contributed by atoms with Crippen molar-refractivity contribution in [2.75, 3.05) is 13.2 Å². The predicted octanol–water partition coefficient (Wildman–Crippen LogP) is 4.95. The number of hydrogen-bond acceptors (Lipinski definition) is 5. The lowest BCUT2D eigenvalue weighted by molar-refractivity contribution is -0.123. The van der Waals surface area contributed by atoms with Crippen molar-refractivity contribution < 1.29 is 23.4 Å². The normalized spacial score (nSPS) is 10.8. The van der Waals surface area contributed by atoms with Crippen molar-refractivity contribution in [2.24, 2.45) is 5.10 Å². The first kappa shape index (κ1) is 23.8. The molecule has 0 aliphatic carbocycles. The van der Waals surface area contributed by atoms with E-state index >= 15 is 0 Å². The molecule has 1 N–H and O–H groups in total. The minimum absolute atomic E-state index is 0.139. The second kappa shape index (κ2) is 11.7. The second-order valence-corrected chi connectivity index (χ2v) is 7.36. The van der Waals surface area contributed by atoms with E-state index in [0.717, 1.165) is 11.1 Å². The zero-order valence-electron chi connectivity index (χ0n) is 18.9. The fourth-order valence-corrected chi connectivity index (χ4v) is 3.16. The van der Waals surface area contributed by atoms with Gasteiger partial charge in [0.2, 0.25) is 0 Å². The van der Waals surface area contributed by atoms with Crippen molar-refractivity contribution in [3.8, 4) is 17.2 Å². The number of rotatable bonds is 10. The van der Waals surface area contributed by atoms with E-state index in [2.05, 4.69) is 10.5 Å². The highest BCUT2D eigenvalue weighted by atomic mass is 19.1. The Balaban J connectivity index is 1.57. The number of nitrogens with zero attached hydrogens (tertiary/aromatic N) is 1. The number of ether oxygens (including phenoxy) is 3. The minimum Gasteiger partial charge on any atom is -0.490 e. The second-order valence-electron chi connectivity index (χ2n) is 7.36. The average Bonchev–Trinajstić information content (AvgIpc) is 2.78. The number of benzene rings is 3. The maximum absolute atomic E-state index is 13.4. The topological polar surface area (TPSA) is 69.2 Å². The Morgan fingerprint density at radius 2 is 1.73 bits per heavy atom. The van der Waals surface area contributed by atoms with Gasteiger partial charge in [-0.1, -0.05) is 30.3 Å². The highest BCUT2D eigenvalue weighted by Gasteiger charge is 2.08. The van der Waals surface area contributed by atoms with Crippen molar-refractivity contribution in [1.29, 1.82) is 0 Å². The van der Waals surface area contributed by atoms with Crippen LogP contribution in [0.15, 0.2) is 65.8 Å². The summed E-state index contributed by atoms with van der Waals surface area (Å²) in [5, 5.41) is 3.99. The van der Waals surface area contributed by atoms with Crippen LogP contribution < -0.4 is 19.6 Å². The molecule has 6 nitrogen and oxygen atoms in total. The van der Waals surface area contributed by atoms with Gasteiger partial charge in [-0.05, 0) is 73.4 Å². The number of carbonyl (C=O) groups is 1. The van der Waals surface area contributed by atoms with Gasteiger partial charge in [0.25, 0.3) is 5.91 Å². The Bertz CT molecular complexity index is 1110. The molecule has 7 heteroatoms. The van der Waals surface area contributed by atoms with Crippen molar-refractivity contribution in [3.05, 3.63) is 88.7 Å². The molecule has 0 radical (unpaired) electrons. The van der Waals surface area contributed by atoms with E-state index < -0.39 is 0 Å². The summed E-state index contributed by atoms with van der Waals surface area (Å²) in [5.74, 6) is 1.09. The van der Waals surface area contributed by atoms with Crippen LogP contribution in [0, 0.1) is 19.7 Å². The molecule has 0 heterocycles. The summed E-state index contributed by atoms with van der Waals surface area (Å²) >= 11 is 0. The van der Waals surface area contributed by atoms with Gasteiger partial charge in [-0.15, -0.1) is 0 Å². The van der Waals surface area contributed by atoms with Crippen molar-refractivity contribution in [3.63, 3.8) is 0 Å². The molecule has 3 aromatic carbocycles. The van der Waals surface area contributed by atoms with E-state index in [1.54, 1.807) is 30.3 Å². The summed E-state index contributed by atoms with van der Waals surface area (Å²) in [4.78, 5) is 12.1. The van der Waals surface area contributed by atoms with Crippen LogP contribution >= 0.6 is 0 Å². The molecule has 172 valence electrons. The third-order valence-corrected chi connectivity index (χ3v) is 4.71. The van der Waals surface area contributed by atoms with Gasteiger partial charge in [0, 0.05) is 0 Å². The molecule has 0 saturated carbocycles. The van der Waals surface area contributed by atoms with Crippen LogP contribution in [0.4, 0.5) is 4.39 Å². The summed E-state index contributed by atoms with van der Waals surface area (Å²) < 4.78 is 30.4. The summed E-state index contributed by atoms with van der Waals surface area (Å²) in [6.45, 7) is 6.25. The molecule has 0 bridgehead atoms. The van der Waals surface area contributed by atoms with Gasteiger partial charge >= 0.3 is 0 Å². The van der Waals surface area contributed by atoms with Crippen molar-refractivity contribution in [1.82, 2.24) is 5.43 Å². The third kappa shape index (κ3) is 7.07. The number of aryl methyl sites for hydroxylation is 2. The number of nitrogens with one attached hydrogen (secondary N) is 1. The molecule has 0 atom stereocenters. The number of hydrazone groups is 1. The Kier molecular flexibility index (Phi) is 8.41. The Labute approximate surface area is 193 Å². The lowest BCUT2D eigenvalue weighted by atomic mass is 10.1. The van der Waals surface area contributed by atoms with E-state index in [4.69, 9.17) is 14.2 Å². The minimum atomic E-state index is -0.367. The number of carbonyl (C=O) groups excluding carboxylic acids is 1. The van der Waals surface area contributed by atoms with E-state index in [1.165, 1.54) is 18.3 Å². The molecule has 33 heavy (non-hydrogen) atoms. The highest BCUT2D eigenvalue weighted by Crippen LogP contribution is 2.29. The molecule has 0 spiro atoms. The van der Waals surface area contributed by atoms with Gasteiger partial charge in [0.05, 0.1) is 12.8 Å². The molecule has 3 aromatic rings. The largest absolute Gasteiger partial charge is 0.490 e. The Hall–Kier alpha value is -3.87. The number of para-hydroxylation sites is 1. The van der Waals surface area contributed by atoms with Crippen molar-refractivity contribution >= 4 is 12.1 Å². The quantitative estimate of drug-likeness (QED) is 0.351. The fourth-order valence-electron chi connectivity index (χ4n) is 3.16. The lowest BCUT2D eigenvalue weighted by Crippen LogP contribution is -2.25. The molecule has 0 aliphatic rings. The fraction of sp³-hybridized carbons (Fsp3) is 0.231. The summed E-state index contributed by atoms with van der Waals surface area (Å²) in [7, 11) is 0. The maximum Gasteiger partial charge on any atom is 0.277 e. The zero-order chi connectivity index (χ0) is 23.6. The molecule has 0 saturated heterocycles. The van der Waals surface area contributed by atoms with Crippen LogP contribution in [0.5, 0.6) is 17.2 Å². The molecule has 0 unspecified atom stereocenters. The summed E-state index contributed by atoms with van der Waals surface area (Å²) in [6, 6.07) is 17.3. The molecule has 0 fully saturated rings.